The van der Waals surface area contributed by atoms with Crippen LogP contribution in [0.1, 0.15) is 25.6 Å². The molecule has 3 aromatic rings. The summed E-state index contributed by atoms with van der Waals surface area (Å²) in [7, 11) is 0. The molecule has 0 saturated carbocycles. The molecule has 0 bridgehead atoms. The molecular weight excluding hydrogens is 338 g/mol. The van der Waals surface area contributed by atoms with Crippen LogP contribution in [-0.4, -0.2) is 23.1 Å². The number of benzene rings is 1. The number of hydrazone groups is 1. The summed E-state index contributed by atoms with van der Waals surface area (Å²) in [6.07, 6.45) is 4.54. The molecule has 0 aliphatic rings. The lowest BCUT2D eigenvalue weighted by Gasteiger charge is -2.03. The molecule has 0 fully saturated rings. The molecule has 7 heteroatoms. The first-order valence-electron chi connectivity index (χ1n) is 7.31. The van der Waals surface area contributed by atoms with Gasteiger partial charge in [-0.1, -0.05) is 18.2 Å². The molecule has 0 radical (unpaired) electrons. The quantitative estimate of drug-likeness (QED) is 0.331. The molecule has 0 aliphatic heterocycles. The highest BCUT2D eigenvalue weighted by Crippen LogP contribution is 2.16. The summed E-state index contributed by atoms with van der Waals surface area (Å²) in [6, 6.07) is 13.5. The number of nitrogens with zero attached hydrogens (tertiary/aromatic N) is 2. The van der Waals surface area contributed by atoms with Gasteiger partial charge in [0.15, 0.2) is 0 Å². The smallest absolute Gasteiger partial charge is 0.353 e. The largest absolute Gasteiger partial charge is 0.422 e. The van der Waals surface area contributed by atoms with Crippen LogP contribution in [0.2, 0.25) is 0 Å². The van der Waals surface area contributed by atoms with E-state index in [1.165, 1.54) is 29.9 Å². The number of esters is 1. The number of hydrogen-bond donors (Lipinski definition) is 1. The number of hydrogen-bond acceptors (Lipinski definition) is 6. The normalized spacial score (nSPS) is 10.6. The molecular formula is C18H13N3O3S. The molecule has 0 unspecified atom stereocenters. The van der Waals surface area contributed by atoms with Gasteiger partial charge in [0.25, 0.3) is 5.91 Å². The Morgan fingerprint density at radius 3 is 2.72 bits per heavy atom. The second-order valence-electron chi connectivity index (χ2n) is 4.87. The first-order valence-corrected chi connectivity index (χ1v) is 8.19. The fourth-order valence-electron chi connectivity index (χ4n) is 1.94. The first-order chi connectivity index (χ1) is 12.2. The highest BCUT2D eigenvalue weighted by Gasteiger charge is 2.09. The van der Waals surface area contributed by atoms with Crippen molar-refractivity contribution < 1.29 is 14.3 Å². The Balaban J connectivity index is 1.61. The molecule has 1 N–H and O–H groups in total. The Bertz CT molecular complexity index is 893. The van der Waals surface area contributed by atoms with Crippen LogP contribution in [0.4, 0.5) is 0 Å². The van der Waals surface area contributed by atoms with E-state index in [0.717, 1.165) is 0 Å². The monoisotopic (exact) mass is 351 g/mol. The molecule has 0 aliphatic carbocycles. The van der Waals surface area contributed by atoms with Gasteiger partial charge >= 0.3 is 5.97 Å². The zero-order valence-corrected chi connectivity index (χ0v) is 13.8. The van der Waals surface area contributed by atoms with Gasteiger partial charge in [-0.3, -0.25) is 9.78 Å². The molecule has 2 heterocycles. The van der Waals surface area contributed by atoms with Gasteiger partial charge in [-0.05, 0) is 41.3 Å². The van der Waals surface area contributed by atoms with Gasteiger partial charge in [0.1, 0.15) is 10.6 Å². The van der Waals surface area contributed by atoms with Gasteiger partial charge < -0.3 is 4.74 Å². The first kappa shape index (κ1) is 16.5. The van der Waals surface area contributed by atoms with Crippen molar-refractivity contribution >= 4 is 29.4 Å². The minimum Gasteiger partial charge on any atom is -0.422 e. The lowest BCUT2D eigenvalue weighted by Crippen LogP contribution is -2.17. The van der Waals surface area contributed by atoms with E-state index in [2.05, 4.69) is 15.5 Å². The molecule has 124 valence electrons. The van der Waals surface area contributed by atoms with Crippen LogP contribution in [0.25, 0.3) is 0 Å². The zero-order chi connectivity index (χ0) is 17.5. The number of amides is 1. The molecule has 0 saturated heterocycles. The number of ether oxygens (including phenoxy) is 1. The van der Waals surface area contributed by atoms with Gasteiger partial charge in [0, 0.05) is 18.0 Å². The summed E-state index contributed by atoms with van der Waals surface area (Å²) in [5, 5.41) is 5.72. The van der Waals surface area contributed by atoms with Gasteiger partial charge in [-0.2, -0.15) is 5.10 Å². The molecule has 6 nitrogen and oxygen atoms in total. The highest BCUT2D eigenvalue weighted by atomic mass is 32.1. The van der Waals surface area contributed by atoms with Gasteiger partial charge in [-0.15, -0.1) is 11.3 Å². The summed E-state index contributed by atoms with van der Waals surface area (Å²) >= 11 is 1.32. The van der Waals surface area contributed by atoms with E-state index in [4.69, 9.17) is 4.74 Å². The maximum absolute atomic E-state index is 11.9. The number of pyridine rings is 1. The lowest BCUT2D eigenvalue weighted by atomic mass is 10.2. The summed E-state index contributed by atoms with van der Waals surface area (Å²) in [5.74, 6) is -0.336. The Hall–Kier alpha value is -3.32. The molecule has 2 aromatic heterocycles. The van der Waals surface area contributed by atoms with Crippen molar-refractivity contribution in [3.8, 4) is 5.75 Å². The summed E-state index contributed by atoms with van der Waals surface area (Å²) in [6.45, 7) is 0. The average Bonchev–Trinajstić information content (AvgIpc) is 3.17. The number of rotatable bonds is 5. The minimum atomic E-state index is -0.407. The van der Waals surface area contributed by atoms with Crippen molar-refractivity contribution in [3.05, 3.63) is 82.3 Å². The third-order valence-electron chi connectivity index (χ3n) is 3.11. The maximum Gasteiger partial charge on any atom is 0.353 e. The van der Waals surface area contributed by atoms with E-state index in [1.54, 1.807) is 48.5 Å². The predicted molar refractivity (Wildman–Crippen MR) is 95.0 cm³/mol. The molecule has 1 aromatic carbocycles. The van der Waals surface area contributed by atoms with E-state index in [-0.39, 0.29) is 5.91 Å². The van der Waals surface area contributed by atoms with E-state index in [9.17, 15) is 9.59 Å². The predicted octanol–water partition coefficient (Wildman–Crippen LogP) is 3.13. The van der Waals surface area contributed by atoms with Crippen LogP contribution in [0.3, 0.4) is 0 Å². The number of aromatic nitrogens is 1. The van der Waals surface area contributed by atoms with Gasteiger partial charge in [0.05, 0.1) is 6.21 Å². The molecule has 25 heavy (non-hydrogen) atoms. The summed E-state index contributed by atoms with van der Waals surface area (Å²) < 4.78 is 5.31. The van der Waals surface area contributed by atoms with Crippen LogP contribution in [0.5, 0.6) is 5.75 Å². The Kier molecular flexibility index (Phi) is 5.28. The maximum atomic E-state index is 11.9. The highest BCUT2D eigenvalue weighted by molar-refractivity contribution is 7.12. The summed E-state index contributed by atoms with van der Waals surface area (Å²) in [5.41, 5.74) is 3.58. The van der Waals surface area contributed by atoms with Crippen molar-refractivity contribution in [1.29, 1.82) is 0 Å². The van der Waals surface area contributed by atoms with E-state index < -0.39 is 5.97 Å². The Morgan fingerprint density at radius 1 is 1.12 bits per heavy atom. The molecule has 0 atom stereocenters. The Labute approximate surface area is 147 Å². The zero-order valence-electron chi connectivity index (χ0n) is 13.0. The van der Waals surface area contributed by atoms with Crippen LogP contribution in [0.15, 0.2) is 71.4 Å². The van der Waals surface area contributed by atoms with Crippen molar-refractivity contribution in [3.63, 3.8) is 0 Å². The van der Waals surface area contributed by atoms with Crippen molar-refractivity contribution in [2.45, 2.75) is 0 Å². The number of nitrogens with one attached hydrogen (secondary N) is 1. The second-order valence-corrected chi connectivity index (χ2v) is 5.82. The number of carbonyl (C=O) groups excluding carboxylic acids is 2. The van der Waals surface area contributed by atoms with Crippen LogP contribution in [0, 0.1) is 0 Å². The topological polar surface area (TPSA) is 80.6 Å². The SMILES string of the molecule is O=C(N/N=C/c1cccc(OC(=O)c2cccs2)c1)c1ccncc1. The number of carbonyl (C=O) groups is 2. The number of thiophene rings is 1. The van der Waals surface area contributed by atoms with E-state index in [1.807, 2.05) is 5.38 Å². The standard InChI is InChI=1S/C18H13N3O3S/c22-17(14-6-8-19-9-7-14)21-20-12-13-3-1-4-15(11-13)24-18(23)16-5-2-10-25-16/h1-12H,(H,21,22)/b20-12+. The van der Waals surface area contributed by atoms with Crippen LogP contribution < -0.4 is 10.2 Å². The third-order valence-corrected chi connectivity index (χ3v) is 3.96. The summed E-state index contributed by atoms with van der Waals surface area (Å²) in [4.78, 5) is 28.2. The van der Waals surface area contributed by atoms with Crippen molar-refractivity contribution in [1.82, 2.24) is 10.4 Å². The van der Waals surface area contributed by atoms with E-state index in [0.29, 0.717) is 21.8 Å². The van der Waals surface area contributed by atoms with E-state index >= 15 is 0 Å². The molecule has 1 amide bonds. The average molecular weight is 351 g/mol. The molecule has 3 rings (SSSR count). The second kappa shape index (κ2) is 7.98. The Morgan fingerprint density at radius 2 is 1.96 bits per heavy atom. The fourth-order valence-corrected chi connectivity index (χ4v) is 2.54. The third kappa shape index (κ3) is 4.58. The van der Waals surface area contributed by atoms with Crippen LogP contribution in [-0.2, 0) is 0 Å². The molecule has 0 spiro atoms. The van der Waals surface area contributed by atoms with Crippen molar-refractivity contribution in [2.24, 2.45) is 5.10 Å². The van der Waals surface area contributed by atoms with Gasteiger partial charge in [0.2, 0.25) is 0 Å². The van der Waals surface area contributed by atoms with Gasteiger partial charge in [-0.25, -0.2) is 10.2 Å². The fraction of sp³-hybridized carbons (Fsp3) is 0. The van der Waals surface area contributed by atoms with Crippen LogP contribution >= 0.6 is 11.3 Å². The lowest BCUT2D eigenvalue weighted by molar-refractivity contribution is 0.0739. The minimum absolute atomic E-state index is 0.334. The van der Waals surface area contributed by atoms with Crippen molar-refractivity contribution in [2.75, 3.05) is 0 Å².